The van der Waals surface area contributed by atoms with E-state index in [2.05, 4.69) is 5.32 Å². The fraction of sp³-hybridized carbons (Fsp3) is 0.235. The fourth-order valence-corrected chi connectivity index (χ4v) is 3.66. The SMILES string of the molecule is CCN(CC(=O)NCc1ccc(F)cc1)S(=O)(=O)c1ccc(F)cc1F. The van der Waals surface area contributed by atoms with Crippen molar-refractivity contribution >= 4 is 15.9 Å². The van der Waals surface area contributed by atoms with E-state index in [1.807, 2.05) is 0 Å². The molecular formula is C17H17F3N2O3S. The van der Waals surface area contributed by atoms with Gasteiger partial charge in [-0.25, -0.2) is 21.6 Å². The third kappa shape index (κ3) is 4.83. The number of amides is 1. The minimum Gasteiger partial charge on any atom is -0.351 e. The molecule has 1 amide bonds. The third-order valence-corrected chi connectivity index (χ3v) is 5.54. The van der Waals surface area contributed by atoms with Gasteiger partial charge in [0.15, 0.2) is 0 Å². The van der Waals surface area contributed by atoms with Crippen molar-refractivity contribution in [3.8, 4) is 0 Å². The average Bonchev–Trinajstić information content (AvgIpc) is 2.58. The summed E-state index contributed by atoms with van der Waals surface area (Å²) in [6.07, 6.45) is 0. The molecule has 5 nitrogen and oxygen atoms in total. The highest BCUT2D eigenvalue weighted by Gasteiger charge is 2.28. The molecule has 2 rings (SSSR count). The summed E-state index contributed by atoms with van der Waals surface area (Å²) >= 11 is 0. The monoisotopic (exact) mass is 386 g/mol. The number of halogens is 3. The van der Waals surface area contributed by atoms with Gasteiger partial charge < -0.3 is 5.32 Å². The predicted octanol–water partition coefficient (Wildman–Crippen LogP) is 2.43. The van der Waals surface area contributed by atoms with E-state index in [1.165, 1.54) is 31.2 Å². The molecule has 0 aliphatic heterocycles. The lowest BCUT2D eigenvalue weighted by Crippen LogP contribution is -2.40. The molecule has 1 N–H and O–H groups in total. The maximum absolute atomic E-state index is 13.8. The summed E-state index contributed by atoms with van der Waals surface area (Å²) in [5, 5.41) is 2.51. The molecule has 0 fully saturated rings. The maximum Gasteiger partial charge on any atom is 0.246 e. The Morgan fingerprint density at radius 3 is 2.23 bits per heavy atom. The Morgan fingerprint density at radius 1 is 1.04 bits per heavy atom. The van der Waals surface area contributed by atoms with Crippen LogP contribution in [0.15, 0.2) is 47.4 Å². The Bertz CT molecular complexity index is 887. The molecule has 2 aromatic carbocycles. The normalized spacial score (nSPS) is 11.6. The van der Waals surface area contributed by atoms with Gasteiger partial charge in [-0.3, -0.25) is 4.79 Å². The summed E-state index contributed by atoms with van der Waals surface area (Å²) in [6.45, 7) is 0.966. The topological polar surface area (TPSA) is 66.5 Å². The number of sulfonamides is 1. The second kappa shape index (κ2) is 8.33. The van der Waals surface area contributed by atoms with Gasteiger partial charge in [0.25, 0.3) is 0 Å². The van der Waals surface area contributed by atoms with Crippen molar-refractivity contribution in [3.05, 3.63) is 65.5 Å². The molecule has 0 radical (unpaired) electrons. The molecule has 2 aromatic rings. The van der Waals surface area contributed by atoms with E-state index in [4.69, 9.17) is 0 Å². The molecule has 0 aromatic heterocycles. The number of benzene rings is 2. The van der Waals surface area contributed by atoms with Crippen LogP contribution in [0.5, 0.6) is 0 Å². The van der Waals surface area contributed by atoms with Crippen LogP contribution in [0.2, 0.25) is 0 Å². The molecule has 0 saturated heterocycles. The molecular weight excluding hydrogens is 369 g/mol. The number of carbonyl (C=O) groups excluding carboxylic acids is 1. The van der Waals surface area contributed by atoms with Gasteiger partial charge in [-0.1, -0.05) is 19.1 Å². The molecule has 0 heterocycles. The smallest absolute Gasteiger partial charge is 0.246 e. The summed E-state index contributed by atoms with van der Waals surface area (Å²) < 4.78 is 65.4. The lowest BCUT2D eigenvalue weighted by atomic mass is 10.2. The quantitative estimate of drug-likeness (QED) is 0.795. The first-order valence-electron chi connectivity index (χ1n) is 7.70. The van der Waals surface area contributed by atoms with Gasteiger partial charge >= 0.3 is 0 Å². The van der Waals surface area contributed by atoms with E-state index in [1.54, 1.807) is 0 Å². The van der Waals surface area contributed by atoms with Crippen molar-refractivity contribution < 1.29 is 26.4 Å². The van der Waals surface area contributed by atoms with Crippen LogP contribution in [0.3, 0.4) is 0 Å². The van der Waals surface area contributed by atoms with Crippen molar-refractivity contribution in [2.75, 3.05) is 13.1 Å². The Labute approximate surface area is 149 Å². The van der Waals surface area contributed by atoms with Crippen LogP contribution in [0, 0.1) is 17.5 Å². The third-order valence-electron chi connectivity index (χ3n) is 3.59. The van der Waals surface area contributed by atoms with Crippen molar-refractivity contribution in [1.29, 1.82) is 0 Å². The second-order valence-electron chi connectivity index (χ2n) is 5.41. The minimum absolute atomic E-state index is 0.0802. The lowest BCUT2D eigenvalue weighted by molar-refractivity contribution is -0.121. The van der Waals surface area contributed by atoms with E-state index in [0.717, 1.165) is 16.4 Å². The fourth-order valence-electron chi connectivity index (χ4n) is 2.21. The van der Waals surface area contributed by atoms with Gasteiger partial charge in [-0.2, -0.15) is 4.31 Å². The van der Waals surface area contributed by atoms with Crippen molar-refractivity contribution in [2.24, 2.45) is 0 Å². The molecule has 0 aliphatic rings. The van der Waals surface area contributed by atoms with Crippen molar-refractivity contribution in [1.82, 2.24) is 9.62 Å². The first-order valence-corrected chi connectivity index (χ1v) is 9.14. The zero-order chi connectivity index (χ0) is 19.3. The average molecular weight is 386 g/mol. The van der Waals surface area contributed by atoms with Crippen molar-refractivity contribution in [3.63, 3.8) is 0 Å². The molecule has 0 unspecified atom stereocenters. The predicted molar refractivity (Wildman–Crippen MR) is 89.0 cm³/mol. The Balaban J connectivity index is 2.07. The largest absolute Gasteiger partial charge is 0.351 e. The molecule has 9 heteroatoms. The van der Waals surface area contributed by atoms with Gasteiger partial charge in [0.2, 0.25) is 15.9 Å². The maximum atomic E-state index is 13.8. The van der Waals surface area contributed by atoms with E-state index in [-0.39, 0.29) is 13.1 Å². The number of carbonyl (C=O) groups is 1. The van der Waals surface area contributed by atoms with E-state index in [9.17, 15) is 26.4 Å². The van der Waals surface area contributed by atoms with Crippen LogP contribution in [0.4, 0.5) is 13.2 Å². The van der Waals surface area contributed by atoms with Gasteiger partial charge in [-0.05, 0) is 29.8 Å². The molecule has 26 heavy (non-hydrogen) atoms. The zero-order valence-corrected chi connectivity index (χ0v) is 14.7. The molecule has 0 saturated carbocycles. The van der Waals surface area contributed by atoms with Crippen LogP contribution < -0.4 is 5.32 Å². The highest BCUT2D eigenvalue weighted by Crippen LogP contribution is 2.20. The second-order valence-corrected chi connectivity index (χ2v) is 7.32. The van der Waals surface area contributed by atoms with Crippen molar-refractivity contribution in [2.45, 2.75) is 18.4 Å². The summed E-state index contributed by atoms with van der Waals surface area (Å²) in [7, 11) is -4.30. The van der Waals surface area contributed by atoms with Crippen LogP contribution in [-0.2, 0) is 21.4 Å². The number of likely N-dealkylation sites (N-methyl/N-ethyl adjacent to an activating group) is 1. The number of nitrogens with one attached hydrogen (secondary N) is 1. The van der Waals surface area contributed by atoms with Gasteiger partial charge in [0, 0.05) is 19.2 Å². The van der Waals surface area contributed by atoms with E-state index >= 15 is 0 Å². The molecule has 0 spiro atoms. The highest BCUT2D eigenvalue weighted by molar-refractivity contribution is 7.89. The van der Waals surface area contributed by atoms with Crippen LogP contribution >= 0.6 is 0 Å². The Kier molecular flexibility index (Phi) is 6.38. The first kappa shape index (κ1) is 19.9. The molecule has 0 aliphatic carbocycles. The van der Waals surface area contributed by atoms with Gasteiger partial charge in [0.1, 0.15) is 22.3 Å². The molecule has 0 bridgehead atoms. The van der Waals surface area contributed by atoms with Crippen LogP contribution in [0.1, 0.15) is 12.5 Å². The standard InChI is InChI=1S/C17H17F3N2O3S/c1-2-22(26(24,25)16-8-7-14(19)9-15(16)20)11-17(23)21-10-12-3-5-13(18)6-4-12/h3-9H,2,10-11H2,1H3,(H,21,23). The lowest BCUT2D eigenvalue weighted by Gasteiger charge is -2.20. The molecule has 0 atom stereocenters. The summed E-state index contributed by atoms with van der Waals surface area (Å²) in [5.74, 6) is -3.15. The van der Waals surface area contributed by atoms with Crippen LogP contribution in [0.25, 0.3) is 0 Å². The number of nitrogens with zero attached hydrogens (tertiary/aromatic N) is 1. The molecule has 140 valence electrons. The Morgan fingerprint density at radius 2 is 1.65 bits per heavy atom. The number of hydrogen-bond acceptors (Lipinski definition) is 3. The number of rotatable bonds is 7. The zero-order valence-electron chi connectivity index (χ0n) is 13.9. The minimum atomic E-state index is -4.30. The highest BCUT2D eigenvalue weighted by atomic mass is 32.2. The van der Waals surface area contributed by atoms with Crippen LogP contribution in [-0.4, -0.2) is 31.7 Å². The Hall–Kier alpha value is -2.39. The number of hydrogen-bond donors (Lipinski definition) is 1. The summed E-state index contributed by atoms with van der Waals surface area (Å²) in [6, 6.07) is 7.56. The van der Waals surface area contributed by atoms with E-state index in [0.29, 0.717) is 11.6 Å². The van der Waals surface area contributed by atoms with Gasteiger partial charge in [-0.15, -0.1) is 0 Å². The summed E-state index contributed by atoms with van der Waals surface area (Å²) in [4.78, 5) is 11.3. The van der Waals surface area contributed by atoms with Gasteiger partial charge in [0.05, 0.1) is 6.54 Å². The summed E-state index contributed by atoms with van der Waals surface area (Å²) in [5.41, 5.74) is 0.634. The van der Waals surface area contributed by atoms with E-state index < -0.39 is 44.8 Å². The first-order chi connectivity index (χ1) is 12.2.